The Morgan fingerprint density at radius 2 is 1.80 bits per heavy atom. The summed E-state index contributed by atoms with van der Waals surface area (Å²) in [5.74, 6) is 0.199. The molecule has 1 heterocycles. The maximum absolute atomic E-state index is 12.7. The van der Waals surface area contributed by atoms with Gasteiger partial charge in [0.1, 0.15) is 5.60 Å². The summed E-state index contributed by atoms with van der Waals surface area (Å²) in [6.45, 7) is 11.0. The van der Waals surface area contributed by atoms with Gasteiger partial charge in [-0.1, -0.05) is 6.58 Å². The first-order chi connectivity index (χ1) is 14.1. The third kappa shape index (κ3) is 7.21. The Morgan fingerprint density at radius 3 is 2.33 bits per heavy atom. The highest BCUT2D eigenvalue weighted by Gasteiger charge is 2.25. The molecule has 0 radical (unpaired) electrons. The third-order valence-corrected chi connectivity index (χ3v) is 5.06. The van der Waals surface area contributed by atoms with E-state index in [4.69, 9.17) is 4.74 Å². The fraction of sp³-hybridized carbons (Fsp3) is 0.522. The summed E-state index contributed by atoms with van der Waals surface area (Å²) < 4.78 is 5.38. The normalized spacial score (nSPS) is 14.7. The SMILES string of the molecule is C=CC(=O)Nc1ccc(C(=O)N2CCC(CCN(C)C(=O)OC(C)(C)C)CC2)cc1. The van der Waals surface area contributed by atoms with Gasteiger partial charge in [-0.15, -0.1) is 0 Å². The predicted octanol–water partition coefficient (Wildman–Crippen LogP) is 3.92. The lowest BCUT2D eigenvalue weighted by molar-refractivity contribution is -0.111. The van der Waals surface area contributed by atoms with Gasteiger partial charge >= 0.3 is 6.09 Å². The molecule has 0 bridgehead atoms. The summed E-state index contributed by atoms with van der Waals surface area (Å²) in [7, 11) is 1.76. The van der Waals surface area contributed by atoms with E-state index < -0.39 is 5.60 Å². The van der Waals surface area contributed by atoms with Crippen LogP contribution < -0.4 is 5.32 Å². The van der Waals surface area contributed by atoms with Crippen molar-refractivity contribution in [3.8, 4) is 0 Å². The van der Waals surface area contributed by atoms with Crippen LogP contribution in [0, 0.1) is 5.92 Å². The van der Waals surface area contributed by atoms with E-state index in [1.165, 1.54) is 6.08 Å². The Balaban J connectivity index is 1.78. The van der Waals surface area contributed by atoms with E-state index >= 15 is 0 Å². The minimum atomic E-state index is -0.494. The second kappa shape index (κ2) is 10.3. The maximum Gasteiger partial charge on any atom is 0.410 e. The number of piperidine rings is 1. The molecule has 1 aliphatic rings. The van der Waals surface area contributed by atoms with E-state index in [2.05, 4.69) is 11.9 Å². The quantitative estimate of drug-likeness (QED) is 0.714. The van der Waals surface area contributed by atoms with Crippen LogP contribution >= 0.6 is 0 Å². The van der Waals surface area contributed by atoms with E-state index in [1.807, 2.05) is 25.7 Å². The van der Waals surface area contributed by atoms with Crippen LogP contribution in [0.25, 0.3) is 0 Å². The topological polar surface area (TPSA) is 79.0 Å². The van der Waals surface area contributed by atoms with Crippen LogP contribution in [0.5, 0.6) is 0 Å². The lowest BCUT2D eigenvalue weighted by Crippen LogP contribution is -2.40. The summed E-state index contributed by atoms with van der Waals surface area (Å²) in [5.41, 5.74) is 0.742. The first kappa shape index (κ1) is 23.4. The van der Waals surface area contributed by atoms with Gasteiger partial charge in [-0.05, 0) is 76.3 Å². The highest BCUT2D eigenvalue weighted by atomic mass is 16.6. The Morgan fingerprint density at radius 1 is 1.20 bits per heavy atom. The fourth-order valence-electron chi connectivity index (χ4n) is 3.30. The Kier molecular flexibility index (Phi) is 8.03. The fourth-order valence-corrected chi connectivity index (χ4v) is 3.30. The molecule has 1 aromatic rings. The van der Waals surface area contributed by atoms with Crippen molar-refractivity contribution in [2.75, 3.05) is 32.0 Å². The summed E-state index contributed by atoms with van der Waals surface area (Å²) in [6, 6.07) is 6.88. The molecular weight excluding hydrogens is 382 g/mol. The molecule has 3 amide bonds. The molecule has 30 heavy (non-hydrogen) atoms. The number of hydrogen-bond donors (Lipinski definition) is 1. The van der Waals surface area contributed by atoms with Gasteiger partial charge in [0.05, 0.1) is 0 Å². The Hall–Kier alpha value is -2.83. The highest BCUT2D eigenvalue weighted by molar-refractivity contribution is 5.99. The monoisotopic (exact) mass is 415 g/mol. The standard InChI is InChI=1S/C23H33N3O4/c1-6-20(27)24-19-9-7-18(8-10-19)21(28)26-15-12-17(13-16-26)11-14-25(5)22(29)30-23(2,3)4/h6-10,17H,1,11-16H2,2-5H3,(H,24,27). The zero-order valence-electron chi connectivity index (χ0n) is 18.4. The number of amides is 3. The number of hydrogen-bond acceptors (Lipinski definition) is 4. The minimum Gasteiger partial charge on any atom is -0.444 e. The van der Waals surface area contributed by atoms with Crippen molar-refractivity contribution >= 4 is 23.6 Å². The number of ether oxygens (including phenoxy) is 1. The van der Waals surface area contributed by atoms with Crippen molar-refractivity contribution in [2.45, 2.75) is 45.6 Å². The molecule has 1 N–H and O–H groups in total. The second-order valence-corrected chi connectivity index (χ2v) is 8.70. The van der Waals surface area contributed by atoms with Gasteiger partial charge in [0, 0.05) is 37.9 Å². The van der Waals surface area contributed by atoms with Crippen molar-refractivity contribution in [3.05, 3.63) is 42.5 Å². The molecular formula is C23H33N3O4. The number of carbonyl (C=O) groups excluding carboxylic acids is 3. The maximum atomic E-state index is 12.7. The summed E-state index contributed by atoms with van der Waals surface area (Å²) in [4.78, 5) is 39.6. The number of benzene rings is 1. The molecule has 0 aliphatic carbocycles. The van der Waals surface area contributed by atoms with Crippen molar-refractivity contribution in [3.63, 3.8) is 0 Å². The van der Waals surface area contributed by atoms with Gasteiger partial charge in [0.25, 0.3) is 5.91 Å². The number of nitrogens with one attached hydrogen (secondary N) is 1. The average molecular weight is 416 g/mol. The van der Waals surface area contributed by atoms with E-state index in [0.717, 1.165) is 19.3 Å². The van der Waals surface area contributed by atoms with Crippen LogP contribution in [-0.2, 0) is 9.53 Å². The highest BCUT2D eigenvalue weighted by Crippen LogP contribution is 2.23. The average Bonchev–Trinajstić information content (AvgIpc) is 2.71. The number of anilines is 1. The first-order valence-corrected chi connectivity index (χ1v) is 10.4. The smallest absolute Gasteiger partial charge is 0.410 e. The minimum absolute atomic E-state index is 0.000852. The van der Waals surface area contributed by atoms with Gasteiger partial charge in [-0.25, -0.2) is 4.79 Å². The van der Waals surface area contributed by atoms with Gasteiger partial charge in [-0.2, -0.15) is 0 Å². The second-order valence-electron chi connectivity index (χ2n) is 8.70. The molecule has 0 unspecified atom stereocenters. The molecule has 2 rings (SSSR count). The zero-order chi connectivity index (χ0) is 22.3. The number of likely N-dealkylation sites (tertiary alicyclic amines) is 1. The van der Waals surface area contributed by atoms with E-state index in [9.17, 15) is 14.4 Å². The predicted molar refractivity (Wildman–Crippen MR) is 117 cm³/mol. The number of nitrogens with zero attached hydrogens (tertiary/aromatic N) is 2. The molecule has 0 aromatic heterocycles. The number of rotatable bonds is 6. The largest absolute Gasteiger partial charge is 0.444 e. The summed E-state index contributed by atoms with van der Waals surface area (Å²) in [5, 5.41) is 2.67. The molecule has 0 spiro atoms. The van der Waals surface area contributed by atoms with Crippen LogP contribution in [0.3, 0.4) is 0 Å². The van der Waals surface area contributed by atoms with Crippen molar-refractivity contribution in [2.24, 2.45) is 5.92 Å². The van der Waals surface area contributed by atoms with Crippen molar-refractivity contribution in [1.82, 2.24) is 9.80 Å². The molecule has 164 valence electrons. The Bertz CT molecular complexity index is 760. The molecule has 7 nitrogen and oxygen atoms in total. The van der Waals surface area contributed by atoms with E-state index in [-0.39, 0.29) is 17.9 Å². The molecule has 7 heteroatoms. The van der Waals surface area contributed by atoms with Crippen molar-refractivity contribution < 1.29 is 19.1 Å². The summed E-state index contributed by atoms with van der Waals surface area (Å²) >= 11 is 0. The van der Waals surface area contributed by atoms with Crippen LogP contribution in [0.1, 0.15) is 50.4 Å². The number of carbonyl (C=O) groups is 3. The summed E-state index contributed by atoms with van der Waals surface area (Å²) in [6.07, 6.45) is 3.63. The van der Waals surface area contributed by atoms with Crippen LogP contribution in [0.4, 0.5) is 10.5 Å². The Labute approximate surface area is 179 Å². The van der Waals surface area contributed by atoms with Gasteiger partial charge < -0.3 is 19.9 Å². The van der Waals surface area contributed by atoms with Crippen molar-refractivity contribution in [1.29, 1.82) is 0 Å². The lowest BCUT2D eigenvalue weighted by Gasteiger charge is -2.33. The molecule has 0 saturated carbocycles. The van der Waals surface area contributed by atoms with E-state index in [0.29, 0.717) is 36.8 Å². The zero-order valence-corrected chi connectivity index (χ0v) is 18.4. The van der Waals surface area contributed by atoms with Gasteiger partial charge in [0.2, 0.25) is 5.91 Å². The van der Waals surface area contributed by atoms with Gasteiger partial charge in [0.15, 0.2) is 0 Å². The molecule has 1 fully saturated rings. The van der Waals surface area contributed by atoms with Crippen LogP contribution in [0.15, 0.2) is 36.9 Å². The molecule has 0 atom stereocenters. The van der Waals surface area contributed by atoms with Crippen LogP contribution in [0.2, 0.25) is 0 Å². The molecule has 1 aromatic carbocycles. The molecule has 1 aliphatic heterocycles. The van der Waals surface area contributed by atoms with Crippen LogP contribution in [-0.4, -0.2) is 60.0 Å². The molecule has 1 saturated heterocycles. The third-order valence-electron chi connectivity index (χ3n) is 5.06. The first-order valence-electron chi connectivity index (χ1n) is 10.4. The van der Waals surface area contributed by atoms with E-state index in [1.54, 1.807) is 36.2 Å². The lowest BCUT2D eigenvalue weighted by atomic mass is 9.93. The van der Waals surface area contributed by atoms with Gasteiger partial charge in [-0.3, -0.25) is 9.59 Å².